The molecule has 4 N–H and O–H groups in total. The highest BCUT2D eigenvalue weighted by atomic mass is 16.5. The lowest BCUT2D eigenvalue weighted by Crippen LogP contribution is -2.36. The summed E-state index contributed by atoms with van der Waals surface area (Å²) < 4.78 is 10.6. The fourth-order valence-corrected chi connectivity index (χ4v) is 3.80. The molecule has 4 rings (SSSR count). The number of morpholine rings is 2. The number of hydrogen-bond acceptors (Lipinski definition) is 8. The lowest BCUT2D eigenvalue weighted by Gasteiger charge is -2.28. The van der Waals surface area contributed by atoms with Crippen molar-refractivity contribution in [3.8, 4) is 0 Å². The summed E-state index contributed by atoms with van der Waals surface area (Å²) in [7, 11) is 0. The van der Waals surface area contributed by atoms with Gasteiger partial charge in [0.25, 0.3) is 0 Å². The first-order valence-electron chi connectivity index (χ1n) is 11.7. The Labute approximate surface area is 209 Å². The summed E-state index contributed by atoms with van der Waals surface area (Å²) >= 11 is 0. The van der Waals surface area contributed by atoms with Crippen LogP contribution in [0.15, 0.2) is 54.3 Å². The van der Waals surface area contributed by atoms with E-state index in [1.807, 2.05) is 36.4 Å². The molecule has 0 radical (unpaired) electrons. The van der Waals surface area contributed by atoms with Gasteiger partial charge in [0.15, 0.2) is 6.10 Å². The van der Waals surface area contributed by atoms with Crippen LogP contribution in [0.25, 0.3) is 6.08 Å². The van der Waals surface area contributed by atoms with Crippen LogP contribution in [0.2, 0.25) is 0 Å². The standard InChI is InChI=1S/C13H17NO4.C13H15NO4/c2*15-12(13(16)17)9-10-1-3-11(4-2-10)14-5-7-18-8-6-14/h1-4,12,15H,5-9H2,(H,16,17);1-4,9,15H,5-8H2,(H,16,17)/b;12-9+/t12-;/m1./s1. The van der Waals surface area contributed by atoms with Crippen molar-refractivity contribution >= 4 is 29.4 Å². The van der Waals surface area contributed by atoms with Gasteiger partial charge in [0.2, 0.25) is 5.76 Å². The molecule has 0 aliphatic carbocycles. The van der Waals surface area contributed by atoms with Crippen molar-refractivity contribution in [3.63, 3.8) is 0 Å². The van der Waals surface area contributed by atoms with Crippen LogP contribution in [0.4, 0.5) is 11.4 Å². The third-order valence-electron chi connectivity index (χ3n) is 5.82. The summed E-state index contributed by atoms with van der Waals surface area (Å²) in [6.45, 7) is 6.38. The average molecular weight is 501 g/mol. The average Bonchev–Trinajstić information content (AvgIpc) is 2.91. The second kappa shape index (κ2) is 13.5. The second-order valence-electron chi connectivity index (χ2n) is 8.35. The van der Waals surface area contributed by atoms with Crippen LogP contribution in [0.3, 0.4) is 0 Å². The van der Waals surface area contributed by atoms with E-state index in [9.17, 15) is 14.7 Å². The number of carboxylic acids is 2. The third kappa shape index (κ3) is 8.26. The smallest absolute Gasteiger partial charge is 0.370 e. The van der Waals surface area contributed by atoms with Gasteiger partial charge in [-0.25, -0.2) is 9.59 Å². The minimum atomic E-state index is -1.33. The number of carboxylic acid groups (broad SMARTS) is 2. The number of carbonyl (C=O) groups is 2. The molecule has 0 saturated carbocycles. The maximum atomic E-state index is 10.5. The minimum absolute atomic E-state index is 0.138. The lowest BCUT2D eigenvalue weighted by atomic mass is 10.1. The van der Waals surface area contributed by atoms with E-state index in [1.54, 1.807) is 12.1 Å². The molecule has 0 amide bonds. The van der Waals surface area contributed by atoms with Crippen LogP contribution in [-0.4, -0.2) is 91.1 Å². The summed E-state index contributed by atoms with van der Waals surface area (Å²) in [4.78, 5) is 25.4. The van der Waals surface area contributed by atoms with Gasteiger partial charge < -0.3 is 39.7 Å². The van der Waals surface area contributed by atoms with E-state index >= 15 is 0 Å². The molecule has 1 atom stereocenters. The van der Waals surface area contributed by atoms with Gasteiger partial charge >= 0.3 is 11.9 Å². The molecule has 0 spiro atoms. The molecule has 2 fully saturated rings. The van der Waals surface area contributed by atoms with Crippen LogP contribution in [0.1, 0.15) is 11.1 Å². The third-order valence-corrected chi connectivity index (χ3v) is 5.82. The first-order valence-corrected chi connectivity index (χ1v) is 11.7. The molecular formula is C26H32N2O8. The lowest BCUT2D eigenvalue weighted by molar-refractivity contribution is -0.146. The maximum absolute atomic E-state index is 10.5. The number of aliphatic hydroxyl groups is 2. The summed E-state index contributed by atoms with van der Waals surface area (Å²) in [5.74, 6) is -3.17. The van der Waals surface area contributed by atoms with Crippen molar-refractivity contribution in [2.24, 2.45) is 0 Å². The Morgan fingerprint density at radius 2 is 1.22 bits per heavy atom. The molecule has 10 heteroatoms. The van der Waals surface area contributed by atoms with Gasteiger partial charge in [0, 0.05) is 44.0 Å². The van der Waals surface area contributed by atoms with Crippen LogP contribution in [-0.2, 0) is 25.5 Å². The van der Waals surface area contributed by atoms with E-state index in [1.165, 1.54) is 6.08 Å². The fraction of sp³-hybridized carbons (Fsp3) is 0.385. The number of hydrogen-bond donors (Lipinski definition) is 4. The molecule has 2 aliphatic rings. The minimum Gasteiger partial charge on any atom is -0.502 e. The van der Waals surface area contributed by atoms with E-state index in [2.05, 4.69) is 9.80 Å². The van der Waals surface area contributed by atoms with Crippen molar-refractivity contribution < 1.29 is 39.5 Å². The predicted octanol–water partition coefficient (Wildman–Crippen LogP) is 2.02. The highest BCUT2D eigenvalue weighted by Crippen LogP contribution is 2.18. The van der Waals surface area contributed by atoms with E-state index in [0.717, 1.165) is 69.5 Å². The van der Waals surface area contributed by atoms with Gasteiger partial charge in [-0.1, -0.05) is 24.3 Å². The second-order valence-corrected chi connectivity index (χ2v) is 8.35. The monoisotopic (exact) mass is 500 g/mol. The van der Waals surface area contributed by atoms with E-state index in [-0.39, 0.29) is 6.42 Å². The number of aliphatic hydroxyl groups excluding tert-OH is 2. The van der Waals surface area contributed by atoms with Crippen LogP contribution in [0.5, 0.6) is 0 Å². The zero-order valence-electron chi connectivity index (χ0n) is 20.0. The molecule has 2 aliphatic heterocycles. The molecule has 0 aromatic heterocycles. The number of rotatable bonds is 7. The Balaban J connectivity index is 0.000000201. The van der Waals surface area contributed by atoms with Gasteiger partial charge in [0.05, 0.1) is 26.4 Å². The quantitative estimate of drug-likeness (QED) is 0.330. The van der Waals surface area contributed by atoms with Crippen LogP contribution < -0.4 is 9.80 Å². The molecule has 0 unspecified atom stereocenters. The van der Waals surface area contributed by atoms with Gasteiger partial charge in [-0.15, -0.1) is 0 Å². The first kappa shape index (κ1) is 27.0. The number of anilines is 2. The topological polar surface area (TPSA) is 140 Å². The zero-order chi connectivity index (χ0) is 25.9. The van der Waals surface area contributed by atoms with Crippen molar-refractivity contribution in [1.29, 1.82) is 0 Å². The summed E-state index contributed by atoms with van der Waals surface area (Å²) in [5.41, 5.74) is 3.66. The molecule has 2 saturated heterocycles. The summed E-state index contributed by atoms with van der Waals surface area (Å²) in [5, 5.41) is 35.6. The largest absolute Gasteiger partial charge is 0.502 e. The SMILES string of the molecule is O=C(O)/C(O)=C\c1ccc(N2CCOCC2)cc1.O=C(O)[C@H](O)Cc1ccc(N2CCOCC2)cc1. The highest BCUT2D eigenvalue weighted by molar-refractivity contribution is 5.89. The van der Waals surface area contributed by atoms with E-state index < -0.39 is 23.8 Å². The summed E-state index contributed by atoms with van der Waals surface area (Å²) in [6, 6.07) is 15.0. The van der Waals surface area contributed by atoms with Crippen molar-refractivity contribution in [1.82, 2.24) is 0 Å². The first-order chi connectivity index (χ1) is 17.3. The fourth-order valence-electron chi connectivity index (χ4n) is 3.80. The highest BCUT2D eigenvalue weighted by Gasteiger charge is 2.15. The van der Waals surface area contributed by atoms with Crippen LogP contribution >= 0.6 is 0 Å². The van der Waals surface area contributed by atoms with Gasteiger partial charge in [-0.3, -0.25) is 0 Å². The number of aliphatic carboxylic acids is 2. The molecule has 2 aromatic carbocycles. The Kier molecular flexibility index (Phi) is 10.1. The molecule has 194 valence electrons. The Morgan fingerprint density at radius 1 is 0.778 bits per heavy atom. The molecule has 0 bridgehead atoms. The molecule has 2 aromatic rings. The van der Waals surface area contributed by atoms with Crippen LogP contribution in [0, 0.1) is 0 Å². The van der Waals surface area contributed by atoms with Crippen molar-refractivity contribution in [3.05, 3.63) is 65.4 Å². The van der Waals surface area contributed by atoms with Crippen molar-refractivity contribution in [2.75, 3.05) is 62.4 Å². The Bertz CT molecular complexity index is 1010. The maximum Gasteiger partial charge on any atom is 0.370 e. The van der Waals surface area contributed by atoms with Gasteiger partial charge in [0.1, 0.15) is 0 Å². The summed E-state index contributed by atoms with van der Waals surface area (Å²) in [6.07, 6.45) is 0.0312. The van der Waals surface area contributed by atoms with E-state index in [4.69, 9.17) is 24.8 Å². The number of benzene rings is 2. The molecule has 36 heavy (non-hydrogen) atoms. The molecule has 10 nitrogen and oxygen atoms in total. The van der Waals surface area contributed by atoms with E-state index in [0.29, 0.717) is 5.56 Å². The predicted molar refractivity (Wildman–Crippen MR) is 135 cm³/mol. The number of nitrogens with zero attached hydrogens (tertiary/aromatic N) is 2. The zero-order valence-corrected chi connectivity index (χ0v) is 20.0. The van der Waals surface area contributed by atoms with Gasteiger partial charge in [-0.2, -0.15) is 0 Å². The number of ether oxygens (including phenoxy) is 2. The van der Waals surface area contributed by atoms with Crippen molar-refractivity contribution in [2.45, 2.75) is 12.5 Å². The van der Waals surface area contributed by atoms with Gasteiger partial charge in [-0.05, 0) is 41.5 Å². The Hall–Kier alpha value is -3.60. The molecule has 2 heterocycles. The molecular weight excluding hydrogens is 468 g/mol. The Morgan fingerprint density at radius 3 is 1.64 bits per heavy atom. The normalized spacial score (nSPS) is 17.1.